The number of rotatable bonds is 5. The van der Waals surface area contributed by atoms with Crippen LogP contribution in [0.4, 0.5) is 0 Å². The Morgan fingerprint density at radius 3 is 2.53 bits per heavy atom. The van der Waals surface area contributed by atoms with E-state index in [4.69, 9.17) is 0 Å². The van der Waals surface area contributed by atoms with Gasteiger partial charge in [-0.2, -0.15) is 0 Å². The number of hydrogen-bond acceptors (Lipinski definition) is 3. The number of carbonyl (C=O) groups excluding carboxylic acids is 1. The van der Waals surface area contributed by atoms with Crippen LogP contribution in [-0.2, 0) is 4.79 Å². The highest BCUT2D eigenvalue weighted by atomic mass is 16.3. The van der Waals surface area contributed by atoms with Gasteiger partial charge in [0.1, 0.15) is 0 Å². The summed E-state index contributed by atoms with van der Waals surface area (Å²) in [6.07, 6.45) is 7.50. The molecule has 2 fully saturated rings. The average Bonchev–Trinajstić information content (AvgIpc) is 2.75. The Morgan fingerprint density at radius 2 is 2.00 bits per heavy atom. The summed E-state index contributed by atoms with van der Waals surface area (Å²) in [6, 6.07) is 0.166. The maximum absolute atomic E-state index is 11.9. The molecule has 0 aliphatic heterocycles. The average molecular weight is 240 g/mol. The minimum absolute atomic E-state index is 0.0693. The highest BCUT2D eigenvalue weighted by molar-refractivity contribution is 5.81. The van der Waals surface area contributed by atoms with Crippen molar-refractivity contribution in [3.8, 4) is 0 Å². The van der Waals surface area contributed by atoms with E-state index in [-0.39, 0.29) is 11.9 Å². The highest BCUT2D eigenvalue weighted by Gasteiger charge is 2.34. The lowest BCUT2D eigenvalue weighted by Gasteiger charge is -2.37. The standard InChI is InChI=1S/C13H24N2O2/c1-10(14-9-13(17)7-4-8-13)12(16)15-11-5-2-3-6-11/h10-11,14,17H,2-9H2,1H3,(H,15,16). The first-order valence-corrected chi connectivity index (χ1v) is 6.85. The fourth-order valence-electron chi connectivity index (χ4n) is 2.59. The summed E-state index contributed by atoms with van der Waals surface area (Å²) in [5, 5.41) is 16.1. The Morgan fingerprint density at radius 1 is 1.35 bits per heavy atom. The zero-order valence-corrected chi connectivity index (χ0v) is 10.7. The lowest BCUT2D eigenvalue weighted by atomic mass is 9.80. The van der Waals surface area contributed by atoms with Gasteiger partial charge in [0.25, 0.3) is 0 Å². The first kappa shape index (κ1) is 12.8. The molecule has 1 amide bonds. The lowest BCUT2D eigenvalue weighted by Crippen LogP contribution is -2.52. The molecule has 0 aromatic carbocycles. The Bertz CT molecular complexity index is 271. The van der Waals surface area contributed by atoms with Gasteiger partial charge in [0.15, 0.2) is 0 Å². The molecular weight excluding hydrogens is 216 g/mol. The fraction of sp³-hybridized carbons (Fsp3) is 0.923. The van der Waals surface area contributed by atoms with Gasteiger partial charge in [-0.3, -0.25) is 4.79 Å². The molecule has 98 valence electrons. The third-order valence-corrected chi connectivity index (χ3v) is 4.12. The molecule has 4 heteroatoms. The molecule has 0 aromatic rings. The van der Waals surface area contributed by atoms with Crippen LogP contribution in [-0.4, -0.2) is 35.2 Å². The van der Waals surface area contributed by atoms with Crippen molar-refractivity contribution in [3.63, 3.8) is 0 Å². The second-order valence-corrected chi connectivity index (χ2v) is 5.67. The van der Waals surface area contributed by atoms with Gasteiger partial charge in [-0.1, -0.05) is 12.8 Å². The Kier molecular flexibility index (Phi) is 4.05. The molecule has 2 rings (SSSR count). The third-order valence-electron chi connectivity index (χ3n) is 4.12. The van der Waals surface area contributed by atoms with Crippen LogP contribution in [0, 0.1) is 0 Å². The van der Waals surface area contributed by atoms with Crippen LogP contribution >= 0.6 is 0 Å². The SMILES string of the molecule is CC(NCC1(O)CCC1)C(=O)NC1CCCC1. The quantitative estimate of drug-likeness (QED) is 0.670. The van der Waals surface area contributed by atoms with Gasteiger partial charge in [-0.15, -0.1) is 0 Å². The molecule has 0 spiro atoms. The van der Waals surface area contributed by atoms with Crippen molar-refractivity contribution in [3.05, 3.63) is 0 Å². The summed E-state index contributed by atoms with van der Waals surface area (Å²) < 4.78 is 0. The summed E-state index contributed by atoms with van der Waals surface area (Å²) in [7, 11) is 0. The normalized spacial score (nSPS) is 25.3. The molecule has 3 N–H and O–H groups in total. The molecule has 0 heterocycles. The molecule has 0 radical (unpaired) electrons. The monoisotopic (exact) mass is 240 g/mol. The molecule has 1 unspecified atom stereocenters. The van der Waals surface area contributed by atoms with E-state index in [1.807, 2.05) is 6.92 Å². The van der Waals surface area contributed by atoms with E-state index in [2.05, 4.69) is 10.6 Å². The zero-order valence-electron chi connectivity index (χ0n) is 10.7. The van der Waals surface area contributed by atoms with Gasteiger partial charge < -0.3 is 15.7 Å². The molecule has 0 bridgehead atoms. The van der Waals surface area contributed by atoms with Crippen LogP contribution in [0.3, 0.4) is 0 Å². The topological polar surface area (TPSA) is 61.4 Å². The van der Waals surface area contributed by atoms with E-state index in [1.54, 1.807) is 0 Å². The predicted molar refractivity (Wildman–Crippen MR) is 66.7 cm³/mol. The van der Waals surface area contributed by atoms with E-state index in [1.165, 1.54) is 12.8 Å². The van der Waals surface area contributed by atoms with E-state index in [0.29, 0.717) is 12.6 Å². The number of hydrogen-bond donors (Lipinski definition) is 3. The second-order valence-electron chi connectivity index (χ2n) is 5.67. The minimum atomic E-state index is -0.554. The predicted octanol–water partition coefficient (Wildman–Crippen LogP) is 0.938. The smallest absolute Gasteiger partial charge is 0.237 e. The molecule has 2 aliphatic carbocycles. The van der Waals surface area contributed by atoms with Crippen molar-refractivity contribution < 1.29 is 9.90 Å². The van der Waals surface area contributed by atoms with Gasteiger partial charge in [-0.05, 0) is 39.0 Å². The van der Waals surface area contributed by atoms with Crippen LogP contribution in [0.25, 0.3) is 0 Å². The van der Waals surface area contributed by atoms with Crippen LogP contribution in [0.5, 0.6) is 0 Å². The second kappa shape index (κ2) is 5.36. The molecular formula is C13H24N2O2. The Balaban J connectivity index is 1.67. The van der Waals surface area contributed by atoms with Crippen LogP contribution in [0.2, 0.25) is 0 Å². The zero-order chi connectivity index (χ0) is 12.3. The van der Waals surface area contributed by atoms with Crippen molar-refractivity contribution in [1.29, 1.82) is 0 Å². The van der Waals surface area contributed by atoms with E-state index in [0.717, 1.165) is 32.1 Å². The third kappa shape index (κ3) is 3.42. The van der Waals surface area contributed by atoms with E-state index in [9.17, 15) is 9.90 Å². The minimum Gasteiger partial charge on any atom is -0.389 e. The summed E-state index contributed by atoms with van der Waals surface area (Å²) in [5.74, 6) is 0.0693. The number of nitrogens with one attached hydrogen (secondary N) is 2. The summed E-state index contributed by atoms with van der Waals surface area (Å²) in [6.45, 7) is 2.40. The molecule has 4 nitrogen and oxygen atoms in total. The van der Waals surface area contributed by atoms with Crippen LogP contribution in [0.15, 0.2) is 0 Å². The van der Waals surface area contributed by atoms with Crippen molar-refractivity contribution >= 4 is 5.91 Å². The van der Waals surface area contributed by atoms with Gasteiger partial charge in [0.05, 0.1) is 11.6 Å². The molecule has 0 aromatic heterocycles. The Labute approximate surface area is 103 Å². The first-order valence-electron chi connectivity index (χ1n) is 6.85. The first-order chi connectivity index (χ1) is 8.09. The van der Waals surface area contributed by atoms with Gasteiger partial charge in [0.2, 0.25) is 5.91 Å². The van der Waals surface area contributed by atoms with Crippen molar-refractivity contribution in [2.45, 2.75) is 69.6 Å². The molecule has 1 atom stereocenters. The van der Waals surface area contributed by atoms with Crippen molar-refractivity contribution in [2.24, 2.45) is 0 Å². The van der Waals surface area contributed by atoms with Crippen LogP contribution in [0.1, 0.15) is 51.9 Å². The molecule has 2 aliphatic rings. The Hall–Kier alpha value is -0.610. The number of carbonyl (C=O) groups is 1. The van der Waals surface area contributed by atoms with E-state index < -0.39 is 5.60 Å². The highest BCUT2D eigenvalue weighted by Crippen LogP contribution is 2.30. The molecule has 2 saturated carbocycles. The van der Waals surface area contributed by atoms with Gasteiger partial charge in [0, 0.05) is 12.6 Å². The van der Waals surface area contributed by atoms with Gasteiger partial charge in [-0.25, -0.2) is 0 Å². The summed E-state index contributed by atoms with van der Waals surface area (Å²) in [4.78, 5) is 11.9. The lowest BCUT2D eigenvalue weighted by molar-refractivity contribution is -0.124. The van der Waals surface area contributed by atoms with Crippen molar-refractivity contribution in [1.82, 2.24) is 10.6 Å². The summed E-state index contributed by atoms with van der Waals surface area (Å²) >= 11 is 0. The maximum atomic E-state index is 11.9. The maximum Gasteiger partial charge on any atom is 0.237 e. The number of aliphatic hydroxyl groups is 1. The summed E-state index contributed by atoms with van der Waals surface area (Å²) in [5.41, 5.74) is -0.554. The largest absolute Gasteiger partial charge is 0.389 e. The van der Waals surface area contributed by atoms with Gasteiger partial charge >= 0.3 is 0 Å². The number of amides is 1. The van der Waals surface area contributed by atoms with Crippen LogP contribution < -0.4 is 10.6 Å². The van der Waals surface area contributed by atoms with Crippen molar-refractivity contribution in [2.75, 3.05) is 6.54 Å². The molecule has 17 heavy (non-hydrogen) atoms. The van der Waals surface area contributed by atoms with E-state index >= 15 is 0 Å². The molecule has 0 saturated heterocycles. The fourth-order valence-corrected chi connectivity index (χ4v) is 2.59.